The fourth-order valence-corrected chi connectivity index (χ4v) is 4.41. The molecule has 3 aromatic rings. The second kappa shape index (κ2) is 8.68. The van der Waals surface area contributed by atoms with Crippen LogP contribution < -0.4 is 10.0 Å². The van der Waals surface area contributed by atoms with E-state index in [1.807, 2.05) is 41.8 Å². The van der Waals surface area contributed by atoms with Gasteiger partial charge in [0.1, 0.15) is 0 Å². The molecule has 1 amide bonds. The number of hydrogen-bond acceptors (Lipinski definition) is 4. The van der Waals surface area contributed by atoms with Gasteiger partial charge in [-0.3, -0.25) is 4.79 Å². The molecule has 28 heavy (non-hydrogen) atoms. The molecule has 0 saturated carbocycles. The van der Waals surface area contributed by atoms with Crippen LogP contribution in [0.4, 0.5) is 5.69 Å². The Kier molecular flexibility index (Phi) is 6.28. The number of anilines is 1. The summed E-state index contributed by atoms with van der Waals surface area (Å²) in [7, 11) is -3.70. The van der Waals surface area contributed by atoms with Crippen LogP contribution >= 0.6 is 11.3 Å². The number of rotatable bonds is 7. The maximum Gasteiger partial charge on any atom is 0.255 e. The van der Waals surface area contributed by atoms with Crippen LogP contribution in [-0.4, -0.2) is 14.3 Å². The first kappa shape index (κ1) is 20.3. The predicted molar refractivity (Wildman–Crippen MR) is 113 cm³/mol. The van der Waals surface area contributed by atoms with Gasteiger partial charge >= 0.3 is 0 Å². The van der Waals surface area contributed by atoms with Gasteiger partial charge in [-0.25, -0.2) is 13.1 Å². The van der Waals surface area contributed by atoms with Crippen LogP contribution in [0, 0.1) is 0 Å². The average molecular weight is 415 g/mol. The Hall–Kier alpha value is -2.48. The maximum atomic E-state index is 12.5. The zero-order chi connectivity index (χ0) is 20.1. The molecular weight excluding hydrogens is 392 g/mol. The minimum Gasteiger partial charge on any atom is -0.322 e. The fraction of sp³-hybridized carbons (Fsp3) is 0.190. The highest BCUT2D eigenvalue weighted by molar-refractivity contribution is 7.89. The molecule has 0 radical (unpaired) electrons. The van der Waals surface area contributed by atoms with Crippen molar-refractivity contribution in [3.8, 4) is 0 Å². The Bertz CT molecular complexity index is 1040. The molecule has 2 aromatic carbocycles. The Morgan fingerprint density at radius 3 is 2.43 bits per heavy atom. The molecule has 146 valence electrons. The molecule has 0 aliphatic heterocycles. The van der Waals surface area contributed by atoms with Crippen molar-refractivity contribution >= 4 is 33.0 Å². The summed E-state index contributed by atoms with van der Waals surface area (Å²) in [5.41, 5.74) is 2.13. The summed E-state index contributed by atoms with van der Waals surface area (Å²) < 4.78 is 27.6. The lowest BCUT2D eigenvalue weighted by Crippen LogP contribution is -2.23. The third kappa shape index (κ3) is 5.07. The second-order valence-electron chi connectivity index (χ2n) is 6.66. The van der Waals surface area contributed by atoms with Gasteiger partial charge in [-0.2, -0.15) is 0 Å². The lowest BCUT2D eigenvalue weighted by atomic mass is 10.0. The standard InChI is InChI=1S/C21H22N2O3S2/c1-15(2)16-8-10-18(11-9-16)23-21(24)17-5-3-7-20(13-17)28(25,26)22-14-19-6-4-12-27-19/h3-13,15,22H,14H2,1-2H3,(H,23,24). The molecule has 0 saturated heterocycles. The van der Waals surface area contributed by atoms with Crippen LogP contribution in [0.3, 0.4) is 0 Å². The molecule has 0 atom stereocenters. The molecule has 0 aliphatic rings. The number of thiophene rings is 1. The first-order chi connectivity index (χ1) is 13.3. The van der Waals surface area contributed by atoms with Crippen LogP contribution in [0.15, 0.2) is 70.9 Å². The van der Waals surface area contributed by atoms with Gasteiger partial charge in [0.05, 0.1) is 4.90 Å². The minimum absolute atomic E-state index is 0.0619. The third-order valence-corrected chi connectivity index (χ3v) is 6.53. The minimum atomic E-state index is -3.70. The predicted octanol–water partition coefficient (Wildman–Crippen LogP) is 4.60. The molecule has 0 bridgehead atoms. The highest BCUT2D eigenvalue weighted by atomic mass is 32.2. The van der Waals surface area contributed by atoms with Crippen LogP contribution in [-0.2, 0) is 16.6 Å². The number of benzene rings is 2. The van der Waals surface area contributed by atoms with Crippen molar-refractivity contribution in [3.63, 3.8) is 0 Å². The number of nitrogens with one attached hydrogen (secondary N) is 2. The summed E-state index contributed by atoms with van der Waals surface area (Å²) in [4.78, 5) is 13.5. The van der Waals surface area contributed by atoms with Crippen molar-refractivity contribution in [3.05, 3.63) is 82.0 Å². The van der Waals surface area contributed by atoms with Gasteiger partial charge in [-0.05, 0) is 53.3 Å². The van der Waals surface area contributed by atoms with Crippen LogP contribution in [0.5, 0.6) is 0 Å². The van der Waals surface area contributed by atoms with E-state index in [0.717, 1.165) is 4.88 Å². The average Bonchev–Trinajstić information content (AvgIpc) is 3.21. The molecule has 0 aliphatic carbocycles. The highest BCUT2D eigenvalue weighted by Gasteiger charge is 2.16. The van der Waals surface area contributed by atoms with Gasteiger partial charge in [0.15, 0.2) is 0 Å². The third-order valence-electron chi connectivity index (χ3n) is 4.26. The number of carbonyl (C=O) groups is 1. The number of carbonyl (C=O) groups excluding carboxylic acids is 1. The van der Waals surface area contributed by atoms with Crippen molar-refractivity contribution in [1.82, 2.24) is 4.72 Å². The fourth-order valence-electron chi connectivity index (χ4n) is 2.62. The van der Waals surface area contributed by atoms with E-state index in [-0.39, 0.29) is 22.9 Å². The molecule has 2 N–H and O–H groups in total. The van der Waals surface area contributed by atoms with Crippen molar-refractivity contribution in [2.75, 3.05) is 5.32 Å². The molecule has 7 heteroatoms. The summed E-state index contributed by atoms with van der Waals surface area (Å²) in [6, 6.07) is 17.4. The summed E-state index contributed by atoms with van der Waals surface area (Å²) >= 11 is 1.48. The van der Waals surface area contributed by atoms with E-state index in [9.17, 15) is 13.2 Å². The SMILES string of the molecule is CC(C)c1ccc(NC(=O)c2cccc(S(=O)(=O)NCc3cccs3)c2)cc1. The Labute approximate surface area is 169 Å². The normalized spacial score (nSPS) is 11.5. The summed E-state index contributed by atoms with van der Waals surface area (Å²) in [6.07, 6.45) is 0. The van der Waals surface area contributed by atoms with Crippen molar-refractivity contribution < 1.29 is 13.2 Å². The summed E-state index contributed by atoms with van der Waals surface area (Å²) in [5.74, 6) is 0.0564. The van der Waals surface area contributed by atoms with Crippen LogP contribution in [0.1, 0.15) is 40.6 Å². The zero-order valence-corrected chi connectivity index (χ0v) is 17.3. The van der Waals surface area contributed by atoms with E-state index < -0.39 is 10.0 Å². The quantitative estimate of drug-likeness (QED) is 0.593. The van der Waals surface area contributed by atoms with Gasteiger partial charge in [-0.1, -0.05) is 38.1 Å². The van der Waals surface area contributed by atoms with Gasteiger partial charge in [0.25, 0.3) is 5.91 Å². The molecule has 0 spiro atoms. The van der Waals surface area contributed by atoms with Gasteiger partial charge < -0.3 is 5.32 Å². The Morgan fingerprint density at radius 1 is 1.04 bits per heavy atom. The maximum absolute atomic E-state index is 12.5. The van der Waals surface area contributed by atoms with E-state index >= 15 is 0 Å². The molecule has 1 aromatic heterocycles. The lowest BCUT2D eigenvalue weighted by molar-refractivity contribution is 0.102. The molecular formula is C21H22N2O3S2. The van der Waals surface area contributed by atoms with Crippen molar-refractivity contribution in [1.29, 1.82) is 0 Å². The molecule has 3 rings (SSSR count). The van der Waals surface area contributed by atoms with Crippen molar-refractivity contribution in [2.24, 2.45) is 0 Å². The molecule has 5 nitrogen and oxygen atoms in total. The van der Waals surface area contributed by atoms with Gasteiger partial charge in [0, 0.05) is 22.7 Å². The Balaban J connectivity index is 1.71. The number of sulfonamides is 1. The first-order valence-electron chi connectivity index (χ1n) is 8.88. The smallest absolute Gasteiger partial charge is 0.255 e. The van der Waals surface area contributed by atoms with Crippen molar-refractivity contribution in [2.45, 2.75) is 31.2 Å². The van der Waals surface area contributed by atoms with E-state index in [4.69, 9.17) is 0 Å². The highest BCUT2D eigenvalue weighted by Crippen LogP contribution is 2.19. The Morgan fingerprint density at radius 2 is 1.79 bits per heavy atom. The topological polar surface area (TPSA) is 75.3 Å². The number of hydrogen-bond donors (Lipinski definition) is 2. The van der Waals surface area contributed by atoms with Gasteiger partial charge in [-0.15, -0.1) is 11.3 Å². The second-order valence-corrected chi connectivity index (χ2v) is 9.46. The largest absolute Gasteiger partial charge is 0.322 e. The lowest BCUT2D eigenvalue weighted by Gasteiger charge is -2.10. The van der Waals surface area contributed by atoms with E-state index in [1.165, 1.54) is 29.0 Å². The van der Waals surface area contributed by atoms with E-state index in [0.29, 0.717) is 11.6 Å². The van der Waals surface area contributed by atoms with Crippen LogP contribution in [0.2, 0.25) is 0 Å². The monoisotopic (exact) mass is 414 g/mol. The number of amides is 1. The summed E-state index contributed by atoms with van der Waals surface area (Å²) in [5, 5.41) is 4.70. The van der Waals surface area contributed by atoms with E-state index in [2.05, 4.69) is 23.9 Å². The summed E-state index contributed by atoms with van der Waals surface area (Å²) in [6.45, 7) is 4.43. The molecule has 1 heterocycles. The molecule has 0 fully saturated rings. The zero-order valence-electron chi connectivity index (χ0n) is 15.7. The molecule has 0 unspecified atom stereocenters. The van der Waals surface area contributed by atoms with E-state index in [1.54, 1.807) is 12.1 Å². The first-order valence-corrected chi connectivity index (χ1v) is 11.2. The van der Waals surface area contributed by atoms with Gasteiger partial charge in [0.2, 0.25) is 10.0 Å². The van der Waals surface area contributed by atoms with Crippen LogP contribution in [0.25, 0.3) is 0 Å².